The predicted molar refractivity (Wildman–Crippen MR) is 131 cm³/mol. The molecule has 0 saturated carbocycles. The molecular formula is C25H28ClFN4O2. The van der Waals surface area contributed by atoms with Crippen LogP contribution in [0, 0.1) is 5.82 Å². The third-order valence-electron chi connectivity index (χ3n) is 6.12. The lowest BCUT2D eigenvalue weighted by Gasteiger charge is -2.37. The van der Waals surface area contributed by atoms with Crippen molar-refractivity contribution >= 4 is 34.0 Å². The number of carbonyl (C=O) groups excluding carboxylic acids is 1. The van der Waals surface area contributed by atoms with E-state index in [4.69, 9.17) is 11.6 Å². The first-order chi connectivity index (χ1) is 15.7. The summed E-state index contributed by atoms with van der Waals surface area (Å²) in [5.41, 5.74) is 3.49. The summed E-state index contributed by atoms with van der Waals surface area (Å²) in [6.07, 6.45) is 1.65. The van der Waals surface area contributed by atoms with Gasteiger partial charge >= 0.3 is 0 Å². The maximum absolute atomic E-state index is 14.1. The van der Waals surface area contributed by atoms with Gasteiger partial charge in [-0.1, -0.05) is 17.7 Å². The number of carbonyl (C=O) groups is 1. The Morgan fingerprint density at radius 3 is 2.52 bits per heavy atom. The molecule has 1 fully saturated rings. The number of nitrogens with zero attached hydrogens (tertiary/aromatic N) is 4. The van der Waals surface area contributed by atoms with Crippen molar-refractivity contribution < 1.29 is 14.3 Å². The van der Waals surface area contributed by atoms with Gasteiger partial charge in [0.1, 0.15) is 0 Å². The quantitative estimate of drug-likeness (QED) is 0.542. The number of fused-ring (bicyclic) bond motifs is 1. The Kier molecular flexibility index (Phi) is 6.83. The maximum Gasteiger partial charge on any atom is 0.170 e. The molecule has 2 aromatic carbocycles. The Balaban J connectivity index is 1.74. The highest BCUT2D eigenvalue weighted by atomic mass is 35.5. The van der Waals surface area contributed by atoms with Crippen LogP contribution in [0.3, 0.4) is 0 Å². The Labute approximate surface area is 198 Å². The lowest BCUT2D eigenvalue weighted by molar-refractivity contribution is 0.101. The van der Waals surface area contributed by atoms with Crippen LogP contribution >= 0.6 is 11.6 Å². The molecular weight excluding hydrogens is 443 g/mol. The van der Waals surface area contributed by atoms with Crippen molar-refractivity contribution in [3.8, 4) is 16.9 Å². The third-order valence-corrected chi connectivity index (χ3v) is 6.41. The summed E-state index contributed by atoms with van der Waals surface area (Å²) in [6.45, 7) is 6.99. The molecule has 1 N–H and O–H groups in total. The van der Waals surface area contributed by atoms with Gasteiger partial charge in [0.15, 0.2) is 17.3 Å². The van der Waals surface area contributed by atoms with Gasteiger partial charge in [0.05, 0.1) is 21.8 Å². The van der Waals surface area contributed by atoms with Crippen LogP contribution in [0.4, 0.5) is 10.1 Å². The molecule has 1 aromatic heterocycles. The first-order valence-corrected chi connectivity index (χ1v) is 11.4. The number of anilines is 1. The zero-order valence-corrected chi connectivity index (χ0v) is 19.9. The van der Waals surface area contributed by atoms with Crippen LogP contribution in [0.2, 0.25) is 5.02 Å². The normalized spacial score (nSPS) is 14.9. The third kappa shape index (κ3) is 4.95. The molecule has 174 valence electrons. The highest BCUT2D eigenvalue weighted by Crippen LogP contribution is 2.36. The minimum atomic E-state index is -0.776. The average Bonchev–Trinajstić information content (AvgIpc) is 2.80. The molecule has 0 bridgehead atoms. The molecule has 1 aliphatic rings. The van der Waals surface area contributed by atoms with E-state index in [-0.39, 0.29) is 10.8 Å². The second-order valence-electron chi connectivity index (χ2n) is 8.73. The minimum absolute atomic E-state index is 0.0430. The van der Waals surface area contributed by atoms with Crippen LogP contribution in [-0.2, 0) is 0 Å². The van der Waals surface area contributed by atoms with E-state index in [1.54, 1.807) is 13.1 Å². The van der Waals surface area contributed by atoms with E-state index in [1.807, 2.05) is 18.2 Å². The van der Waals surface area contributed by atoms with Crippen LogP contribution < -0.4 is 4.90 Å². The van der Waals surface area contributed by atoms with Gasteiger partial charge in [0.2, 0.25) is 0 Å². The molecule has 1 saturated heterocycles. The minimum Gasteiger partial charge on any atom is -0.504 e. The summed E-state index contributed by atoms with van der Waals surface area (Å²) < 4.78 is 14.1. The number of halogens is 2. The van der Waals surface area contributed by atoms with E-state index in [1.165, 1.54) is 12.1 Å². The van der Waals surface area contributed by atoms with Gasteiger partial charge in [-0.15, -0.1) is 0 Å². The molecule has 1 aliphatic heterocycles. The van der Waals surface area contributed by atoms with Crippen molar-refractivity contribution in [2.75, 3.05) is 58.3 Å². The molecule has 3 aromatic rings. The highest BCUT2D eigenvalue weighted by Gasteiger charge is 2.23. The Bertz CT molecular complexity index is 1170. The standard InChI is InChI=1S/C25H28ClFN4O2/c1-16(32)20-15-28-23-5-4-17(18-13-21(26)25(33)22(27)14-18)12-19(23)24(20)31-10-8-30(9-11-31)7-6-29(2)3/h4-5,12-15,33H,6-11H2,1-3H3. The van der Waals surface area contributed by atoms with Crippen molar-refractivity contribution in [2.45, 2.75) is 6.92 Å². The van der Waals surface area contributed by atoms with Gasteiger partial charge in [0.25, 0.3) is 0 Å². The SMILES string of the molecule is CC(=O)c1cnc2ccc(-c3cc(F)c(O)c(Cl)c3)cc2c1N1CCN(CCN(C)C)CC1. The number of Topliss-reactive ketones (excluding diaryl/α,β-unsaturated/α-hetero) is 1. The molecule has 4 rings (SSSR count). The number of aromatic hydroxyl groups is 1. The topological polar surface area (TPSA) is 59.9 Å². The van der Waals surface area contributed by atoms with Crippen LogP contribution in [0.5, 0.6) is 5.75 Å². The smallest absolute Gasteiger partial charge is 0.170 e. The fourth-order valence-electron chi connectivity index (χ4n) is 4.23. The summed E-state index contributed by atoms with van der Waals surface area (Å²) >= 11 is 6.00. The molecule has 33 heavy (non-hydrogen) atoms. The highest BCUT2D eigenvalue weighted by molar-refractivity contribution is 6.32. The van der Waals surface area contributed by atoms with E-state index in [2.05, 4.69) is 33.8 Å². The van der Waals surface area contributed by atoms with Gasteiger partial charge in [-0.25, -0.2) is 4.39 Å². The Morgan fingerprint density at radius 1 is 1.15 bits per heavy atom. The van der Waals surface area contributed by atoms with Crippen LogP contribution in [-0.4, -0.2) is 79.0 Å². The second kappa shape index (κ2) is 9.63. The summed E-state index contributed by atoms with van der Waals surface area (Å²) in [7, 11) is 4.15. The van der Waals surface area contributed by atoms with Gasteiger partial charge in [0, 0.05) is 50.9 Å². The fraction of sp³-hybridized carbons (Fsp3) is 0.360. The number of hydrogen-bond acceptors (Lipinski definition) is 6. The number of piperazine rings is 1. The summed E-state index contributed by atoms with van der Waals surface area (Å²) in [5, 5.41) is 10.5. The first kappa shape index (κ1) is 23.4. The number of phenolic OH excluding ortho intramolecular Hbond substituents is 1. The molecule has 6 nitrogen and oxygen atoms in total. The predicted octanol–water partition coefficient (Wildman–Crippen LogP) is 4.29. The molecule has 0 radical (unpaired) electrons. The van der Waals surface area contributed by atoms with Gasteiger partial charge in [-0.05, 0) is 56.4 Å². The van der Waals surface area contributed by atoms with E-state index in [0.717, 1.165) is 61.4 Å². The number of hydrogen-bond donors (Lipinski definition) is 1. The number of aromatic nitrogens is 1. The molecule has 0 amide bonds. The van der Waals surface area contributed by atoms with E-state index in [9.17, 15) is 14.3 Å². The van der Waals surface area contributed by atoms with Crippen LogP contribution in [0.15, 0.2) is 36.5 Å². The summed E-state index contributed by atoms with van der Waals surface area (Å²) in [4.78, 5) is 23.9. The van der Waals surface area contributed by atoms with E-state index >= 15 is 0 Å². The monoisotopic (exact) mass is 470 g/mol. The number of phenols is 1. The Morgan fingerprint density at radius 2 is 1.88 bits per heavy atom. The van der Waals surface area contributed by atoms with Gasteiger partial charge in [-0.3, -0.25) is 14.7 Å². The van der Waals surface area contributed by atoms with E-state index in [0.29, 0.717) is 11.1 Å². The van der Waals surface area contributed by atoms with Gasteiger partial charge < -0.3 is 14.9 Å². The first-order valence-electron chi connectivity index (χ1n) is 11.0. The molecule has 0 spiro atoms. The number of likely N-dealkylation sites (N-methyl/N-ethyl adjacent to an activating group) is 1. The maximum atomic E-state index is 14.1. The largest absolute Gasteiger partial charge is 0.504 e. The number of rotatable bonds is 6. The van der Waals surface area contributed by atoms with Crippen LogP contribution in [0.25, 0.3) is 22.0 Å². The van der Waals surface area contributed by atoms with E-state index < -0.39 is 11.6 Å². The molecule has 0 atom stereocenters. The Hall–Kier alpha value is -2.74. The zero-order valence-electron chi connectivity index (χ0n) is 19.1. The summed E-state index contributed by atoms with van der Waals surface area (Å²) in [6, 6.07) is 8.42. The zero-order chi connectivity index (χ0) is 23.7. The van der Waals surface area contributed by atoms with Crippen molar-refractivity contribution in [1.82, 2.24) is 14.8 Å². The molecule has 0 unspecified atom stereocenters. The molecule has 2 heterocycles. The molecule has 0 aliphatic carbocycles. The number of pyridine rings is 1. The van der Waals surface area contributed by atoms with Crippen molar-refractivity contribution in [3.63, 3.8) is 0 Å². The lowest BCUT2D eigenvalue weighted by Crippen LogP contribution is -2.48. The molecule has 8 heteroatoms. The number of benzene rings is 2. The summed E-state index contributed by atoms with van der Waals surface area (Å²) in [5.74, 6) is -1.38. The van der Waals surface area contributed by atoms with Gasteiger partial charge in [-0.2, -0.15) is 0 Å². The van der Waals surface area contributed by atoms with Crippen molar-refractivity contribution in [2.24, 2.45) is 0 Å². The van der Waals surface area contributed by atoms with Crippen LogP contribution in [0.1, 0.15) is 17.3 Å². The number of ketones is 1. The second-order valence-corrected chi connectivity index (χ2v) is 9.14. The lowest BCUT2D eigenvalue weighted by atomic mass is 9.99. The van der Waals surface area contributed by atoms with Crippen molar-refractivity contribution in [3.05, 3.63) is 52.9 Å². The average molecular weight is 471 g/mol. The fourth-order valence-corrected chi connectivity index (χ4v) is 4.43. The van der Waals surface area contributed by atoms with Crippen molar-refractivity contribution in [1.29, 1.82) is 0 Å².